The molecule has 2 rings (SSSR count). The predicted molar refractivity (Wildman–Crippen MR) is 72.4 cm³/mol. The van der Waals surface area contributed by atoms with Gasteiger partial charge in [-0.2, -0.15) is 0 Å². The van der Waals surface area contributed by atoms with Crippen molar-refractivity contribution < 1.29 is 14.3 Å². The molecule has 1 fully saturated rings. The zero-order chi connectivity index (χ0) is 12.4. The first-order chi connectivity index (χ1) is 8.08. The Morgan fingerprint density at radius 3 is 2.94 bits per heavy atom. The molecule has 0 aliphatic carbocycles. The van der Waals surface area contributed by atoms with Crippen LogP contribution in [0.25, 0.3) is 0 Å². The molecule has 1 aliphatic rings. The van der Waals surface area contributed by atoms with Gasteiger partial charge in [0.15, 0.2) is 0 Å². The topological polar surface area (TPSA) is 40.5 Å². The molecule has 1 aromatic carbocycles. The lowest BCUT2D eigenvalue weighted by Gasteiger charge is -2.21. The number of carbonyl (C=O) groups is 1. The first-order valence-corrected chi connectivity index (χ1v) is 6.28. The van der Waals surface area contributed by atoms with Gasteiger partial charge in [0.1, 0.15) is 11.9 Å². The summed E-state index contributed by atoms with van der Waals surface area (Å²) < 4.78 is 14.4. The van der Waals surface area contributed by atoms with Crippen molar-refractivity contribution in [2.75, 3.05) is 6.54 Å². The molecule has 0 saturated carbocycles. The molecule has 0 bridgehead atoms. The third kappa shape index (κ3) is 3.43. The summed E-state index contributed by atoms with van der Waals surface area (Å²) in [6.45, 7) is 1.06. The number of likely N-dealkylation sites (tertiary alicyclic amines) is 1. The van der Waals surface area contributed by atoms with Crippen LogP contribution in [0.15, 0.2) is 22.7 Å². The Morgan fingerprint density at radius 1 is 1.56 bits per heavy atom. The molecule has 100 valence electrons. The number of hydrogen-bond donors (Lipinski definition) is 1. The monoisotopic (exact) mass is 337 g/mol. The summed E-state index contributed by atoms with van der Waals surface area (Å²) >= 11 is 3.29. The molecule has 0 amide bonds. The smallest absolute Gasteiger partial charge is 0.320 e. The molecule has 1 atom stereocenters. The van der Waals surface area contributed by atoms with E-state index in [1.165, 1.54) is 6.07 Å². The van der Waals surface area contributed by atoms with Gasteiger partial charge in [0.25, 0.3) is 0 Å². The summed E-state index contributed by atoms with van der Waals surface area (Å²) in [7, 11) is 0. The lowest BCUT2D eigenvalue weighted by Crippen LogP contribution is -2.35. The van der Waals surface area contributed by atoms with Crippen LogP contribution in [0.1, 0.15) is 18.4 Å². The number of hydrogen-bond acceptors (Lipinski definition) is 2. The van der Waals surface area contributed by atoms with Crippen LogP contribution in [-0.4, -0.2) is 28.6 Å². The number of carboxylic acids is 1. The van der Waals surface area contributed by atoms with Crippen LogP contribution in [0.2, 0.25) is 0 Å². The Balaban J connectivity index is 0.00000162. The van der Waals surface area contributed by atoms with E-state index < -0.39 is 12.0 Å². The van der Waals surface area contributed by atoms with Gasteiger partial charge in [-0.15, -0.1) is 12.4 Å². The number of carboxylic acid groups (broad SMARTS) is 1. The van der Waals surface area contributed by atoms with Crippen molar-refractivity contribution in [2.45, 2.75) is 25.4 Å². The van der Waals surface area contributed by atoms with E-state index in [1.54, 1.807) is 12.1 Å². The van der Waals surface area contributed by atoms with Gasteiger partial charge in [-0.3, -0.25) is 9.69 Å². The lowest BCUT2D eigenvalue weighted by molar-refractivity contribution is -0.142. The molecule has 0 aromatic heterocycles. The van der Waals surface area contributed by atoms with Crippen molar-refractivity contribution in [2.24, 2.45) is 0 Å². The van der Waals surface area contributed by atoms with Gasteiger partial charge < -0.3 is 5.11 Å². The summed E-state index contributed by atoms with van der Waals surface area (Å²) in [6.07, 6.45) is 1.50. The molecule has 1 aliphatic heterocycles. The maximum Gasteiger partial charge on any atom is 0.320 e. The van der Waals surface area contributed by atoms with Crippen LogP contribution < -0.4 is 0 Å². The van der Waals surface area contributed by atoms with Gasteiger partial charge in [-0.05, 0) is 37.6 Å². The van der Waals surface area contributed by atoms with Crippen molar-refractivity contribution >= 4 is 34.3 Å². The van der Waals surface area contributed by atoms with Gasteiger partial charge in [0.05, 0.1) is 0 Å². The number of benzene rings is 1. The van der Waals surface area contributed by atoms with Gasteiger partial charge in [0.2, 0.25) is 0 Å². The highest BCUT2D eigenvalue weighted by molar-refractivity contribution is 9.10. The van der Waals surface area contributed by atoms with Crippen LogP contribution in [0.4, 0.5) is 4.39 Å². The molecule has 0 spiro atoms. The molecule has 6 heteroatoms. The zero-order valence-electron chi connectivity index (χ0n) is 9.60. The van der Waals surface area contributed by atoms with E-state index in [4.69, 9.17) is 5.11 Å². The second-order valence-corrected chi connectivity index (χ2v) is 5.12. The maximum atomic E-state index is 13.6. The molecule has 1 aromatic rings. The molecule has 1 N–H and O–H groups in total. The molecule has 1 saturated heterocycles. The first-order valence-electron chi connectivity index (χ1n) is 5.48. The van der Waals surface area contributed by atoms with Gasteiger partial charge >= 0.3 is 5.97 Å². The zero-order valence-corrected chi connectivity index (χ0v) is 12.0. The van der Waals surface area contributed by atoms with Crippen LogP contribution in [-0.2, 0) is 11.3 Å². The predicted octanol–water partition coefficient (Wildman–Crippen LogP) is 3.06. The largest absolute Gasteiger partial charge is 0.480 e. The van der Waals surface area contributed by atoms with Gasteiger partial charge in [0, 0.05) is 16.6 Å². The van der Waals surface area contributed by atoms with Crippen LogP contribution in [0.3, 0.4) is 0 Å². The van der Waals surface area contributed by atoms with Crippen LogP contribution >= 0.6 is 28.3 Å². The van der Waals surface area contributed by atoms with Crippen LogP contribution in [0, 0.1) is 5.82 Å². The molecule has 3 nitrogen and oxygen atoms in total. The molecular formula is C12H14BrClFNO2. The minimum absolute atomic E-state index is 0. The highest BCUT2D eigenvalue weighted by Crippen LogP contribution is 2.23. The summed E-state index contributed by atoms with van der Waals surface area (Å²) in [5.41, 5.74) is 0.535. The number of halogens is 3. The number of aliphatic carboxylic acids is 1. The van der Waals surface area contributed by atoms with E-state index in [0.29, 0.717) is 25.1 Å². The molecule has 18 heavy (non-hydrogen) atoms. The Kier molecular flexibility index (Phi) is 5.56. The van der Waals surface area contributed by atoms with Gasteiger partial charge in [-0.1, -0.05) is 15.9 Å². The Morgan fingerprint density at radius 2 is 2.28 bits per heavy atom. The van der Waals surface area contributed by atoms with Crippen molar-refractivity contribution in [1.82, 2.24) is 4.90 Å². The standard InChI is InChI=1S/C12H13BrFNO2.ClH/c13-9-3-4-10(14)8(6-9)7-15-5-1-2-11(15)12(16)17;/h3-4,6,11H,1-2,5,7H2,(H,16,17);1H. The number of rotatable bonds is 3. The third-order valence-electron chi connectivity index (χ3n) is 3.03. The average Bonchev–Trinajstić information content (AvgIpc) is 2.71. The summed E-state index contributed by atoms with van der Waals surface area (Å²) in [5.74, 6) is -1.11. The van der Waals surface area contributed by atoms with E-state index in [1.807, 2.05) is 4.90 Å². The third-order valence-corrected chi connectivity index (χ3v) is 3.52. The Hall–Kier alpha value is -0.650. The SMILES string of the molecule is Cl.O=C(O)C1CCCN1Cc1cc(Br)ccc1F. The fraction of sp³-hybridized carbons (Fsp3) is 0.417. The second-order valence-electron chi connectivity index (χ2n) is 4.20. The first kappa shape index (κ1) is 15.4. The minimum Gasteiger partial charge on any atom is -0.480 e. The summed E-state index contributed by atoms with van der Waals surface area (Å²) in [5, 5.41) is 9.04. The van der Waals surface area contributed by atoms with E-state index in [9.17, 15) is 9.18 Å². The van der Waals surface area contributed by atoms with Crippen molar-refractivity contribution in [3.05, 3.63) is 34.1 Å². The van der Waals surface area contributed by atoms with Crippen LogP contribution in [0.5, 0.6) is 0 Å². The highest BCUT2D eigenvalue weighted by Gasteiger charge is 2.30. The van der Waals surface area contributed by atoms with E-state index >= 15 is 0 Å². The molecule has 1 heterocycles. The van der Waals surface area contributed by atoms with Gasteiger partial charge in [-0.25, -0.2) is 4.39 Å². The highest BCUT2D eigenvalue weighted by atomic mass is 79.9. The fourth-order valence-electron chi connectivity index (χ4n) is 2.18. The second kappa shape index (κ2) is 6.50. The van der Waals surface area contributed by atoms with E-state index in [2.05, 4.69) is 15.9 Å². The normalized spacial score (nSPS) is 19.6. The average molecular weight is 339 g/mol. The van der Waals surface area contributed by atoms with E-state index in [0.717, 1.165) is 10.9 Å². The lowest BCUT2D eigenvalue weighted by atomic mass is 10.1. The summed E-state index contributed by atoms with van der Waals surface area (Å²) in [6, 6.07) is 4.25. The van der Waals surface area contributed by atoms with Crippen molar-refractivity contribution in [1.29, 1.82) is 0 Å². The molecule has 0 radical (unpaired) electrons. The quantitative estimate of drug-likeness (QED) is 0.921. The van der Waals surface area contributed by atoms with E-state index in [-0.39, 0.29) is 18.2 Å². The maximum absolute atomic E-state index is 13.6. The Labute approximate surface area is 120 Å². The Bertz CT molecular complexity index is 444. The minimum atomic E-state index is -0.821. The molecule has 1 unspecified atom stereocenters. The molecular weight excluding hydrogens is 324 g/mol. The van der Waals surface area contributed by atoms with Crippen molar-refractivity contribution in [3.8, 4) is 0 Å². The summed E-state index contributed by atoms with van der Waals surface area (Å²) in [4.78, 5) is 12.8. The van der Waals surface area contributed by atoms with Crippen molar-refractivity contribution in [3.63, 3.8) is 0 Å². The number of nitrogens with zero attached hydrogens (tertiary/aromatic N) is 1. The fourth-order valence-corrected chi connectivity index (χ4v) is 2.59.